The molecule has 10 nitrogen and oxygen atoms in total. The molecule has 2 fully saturated rings. The molecule has 10 heteroatoms. The summed E-state index contributed by atoms with van der Waals surface area (Å²) in [5, 5.41) is 4.23. The molecule has 170 valence electrons. The van der Waals surface area contributed by atoms with Gasteiger partial charge in [0.15, 0.2) is 17.0 Å². The van der Waals surface area contributed by atoms with E-state index in [0.29, 0.717) is 34.8 Å². The van der Waals surface area contributed by atoms with Gasteiger partial charge < -0.3 is 18.4 Å². The van der Waals surface area contributed by atoms with Crippen LogP contribution in [0.5, 0.6) is 0 Å². The molecule has 2 unspecified atom stereocenters. The van der Waals surface area contributed by atoms with Gasteiger partial charge in [0, 0.05) is 37.3 Å². The van der Waals surface area contributed by atoms with Crippen LogP contribution < -0.4 is 10.5 Å². The molecule has 0 N–H and O–H groups in total. The summed E-state index contributed by atoms with van der Waals surface area (Å²) in [6.45, 7) is 2.13. The standard InChI is InChI=1S/C24H21N7O3/c1-29-12-25-23-21(29)24(32)31(13-26-23)11-19-27-22(28-34-19)20-16-9-30(10-17(16)20)15-6-4-14(5-7-15)18-3-2-8-33-18/h2-8,12-13,16-17,20H,9-11H2,1H3. The van der Waals surface area contributed by atoms with Gasteiger partial charge in [0.25, 0.3) is 5.56 Å². The second kappa shape index (κ2) is 7.14. The average Bonchev–Trinajstić information content (AvgIpc) is 3.47. The summed E-state index contributed by atoms with van der Waals surface area (Å²) < 4.78 is 14.1. The molecule has 0 bridgehead atoms. The van der Waals surface area contributed by atoms with Crippen molar-refractivity contribution in [3.05, 3.63) is 77.4 Å². The first-order valence-corrected chi connectivity index (χ1v) is 11.2. The van der Waals surface area contributed by atoms with Crippen molar-refractivity contribution < 1.29 is 8.94 Å². The molecule has 5 aromatic rings. The quantitative estimate of drug-likeness (QED) is 0.398. The Balaban J connectivity index is 1.03. The van der Waals surface area contributed by atoms with Gasteiger partial charge in [-0.1, -0.05) is 5.16 Å². The van der Waals surface area contributed by atoms with Crippen molar-refractivity contribution in [1.29, 1.82) is 0 Å². The number of aromatic nitrogens is 6. The Hall–Kier alpha value is -4.21. The molecule has 1 aliphatic carbocycles. The van der Waals surface area contributed by atoms with E-state index in [9.17, 15) is 4.79 Å². The Morgan fingerprint density at radius 1 is 1.06 bits per heavy atom. The van der Waals surface area contributed by atoms with E-state index in [-0.39, 0.29) is 12.1 Å². The van der Waals surface area contributed by atoms with Gasteiger partial charge in [0.05, 0.1) is 12.6 Å². The SMILES string of the molecule is Cn1cnc2ncn(Cc3nc(C4C5CN(c6ccc(-c7ccco7)cc6)CC54)no3)c(=O)c21. The third kappa shape index (κ3) is 2.98. The van der Waals surface area contributed by atoms with Crippen LogP contribution >= 0.6 is 0 Å². The van der Waals surface area contributed by atoms with Gasteiger partial charge in [-0.3, -0.25) is 9.36 Å². The molecule has 0 radical (unpaired) electrons. The number of nitrogens with zero attached hydrogens (tertiary/aromatic N) is 7. The molecule has 1 aliphatic heterocycles. The lowest BCUT2D eigenvalue weighted by molar-refractivity contribution is 0.363. The summed E-state index contributed by atoms with van der Waals surface area (Å²) in [5.74, 6) is 3.37. The van der Waals surface area contributed by atoms with E-state index in [0.717, 1.165) is 30.2 Å². The first kappa shape index (κ1) is 19.3. The molecule has 1 saturated heterocycles. The summed E-state index contributed by atoms with van der Waals surface area (Å²) in [6.07, 6.45) is 4.74. The fourth-order valence-corrected chi connectivity index (χ4v) is 5.20. The first-order valence-electron chi connectivity index (χ1n) is 11.2. The zero-order valence-electron chi connectivity index (χ0n) is 18.4. The van der Waals surface area contributed by atoms with Crippen molar-refractivity contribution in [2.45, 2.75) is 12.5 Å². The number of aryl methyl sites for hydroxylation is 1. The van der Waals surface area contributed by atoms with Crippen molar-refractivity contribution in [2.75, 3.05) is 18.0 Å². The van der Waals surface area contributed by atoms with Gasteiger partial charge in [0.1, 0.15) is 18.6 Å². The average molecular weight is 455 g/mol. The normalized spacial score (nSPS) is 21.3. The van der Waals surface area contributed by atoms with Crippen LogP contribution in [0.2, 0.25) is 0 Å². The van der Waals surface area contributed by atoms with Gasteiger partial charge >= 0.3 is 0 Å². The zero-order chi connectivity index (χ0) is 22.8. The molecular formula is C24H21N7O3. The Morgan fingerprint density at radius 2 is 1.85 bits per heavy atom. The van der Waals surface area contributed by atoms with Crippen LogP contribution in [0.25, 0.3) is 22.5 Å². The van der Waals surface area contributed by atoms with E-state index < -0.39 is 0 Å². The number of rotatable bonds is 5. The van der Waals surface area contributed by atoms with Crippen molar-refractivity contribution in [2.24, 2.45) is 18.9 Å². The van der Waals surface area contributed by atoms with Crippen molar-refractivity contribution in [3.8, 4) is 11.3 Å². The van der Waals surface area contributed by atoms with Gasteiger partial charge in [-0.15, -0.1) is 0 Å². The van der Waals surface area contributed by atoms with Crippen molar-refractivity contribution in [1.82, 2.24) is 29.2 Å². The predicted molar refractivity (Wildman–Crippen MR) is 122 cm³/mol. The van der Waals surface area contributed by atoms with Crippen LogP contribution in [0.3, 0.4) is 0 Å². The molecule has 0 spiro atoms. The van der Waals surface area contributed by atoms with Gasteiger partial charge in [-0.05, 0) is 48.2 Å². The highest BCUT2D eigenvalue weighted by Crippen LogP contribution is 2.57. The molecule has 7 rings (SSSR count). The van der Waals surface area contributed by atoms with E-state index in [1.54, 1.807) is 24.2 Å². The first-order chi connectivity index (χ1) is 16.7. The van der Waals surface area contributed by atoms with E-state index in [2.05, 4.69) is 49.3 Å². The molecule has 2 aliphatic rings. The van der Waals surface area contributed by atoms with Crippen LogP contribution in [-0.2, 0) is 13.6 Å². The highest BCUT2D eigenvalue weighted by molar-refractivity contribution is 5.68. The molecule has 1 aromatic carbocycles. The van der Waals surface area contributed by atoms with Crippen LogP contribution in [0, 0.1) is 11.8 Å². The Bertz CT molecular complexity index is 1540. The molecule has 5 heterocycles. The maximum absolute atomic E-state index is 12.7. The van der Waals surface area contributed by atoms with Crippen LogP contribution in [-0.4, -0.2) is 42.3 Å². The van der Waals surface area contributed by atoms with Crippen molar-refractivity contribution in [3.63, 3.8) is 0 Å². The predicted octanol–water partition coefficient (Wildman–Crippen LogP) is 2.67. The van der Waals surface area contributed by atoms with Crippen molar-refractivity contribution >= 4 is 16.9 Å². The summed E-state index contributed by atoms with van der Waals surface area (Å²) in [7, 11) is 1.77. The third-order valence-corrected chi connectivity index (χ3v) is 7.02. The van der Waals surface area contributed by atoms with E-state index in [4.69, 9.17) is 8.94 Å². The lowest BCUT2D eigenvalue weighted by atomic mass is 10.1. The number of anilines is 1. The van der Waals surface area contributed by atoms with Gasteiger partial charge in [0.2, 0.25) is 5.89 Å². The second-order valence-corrected chi connectivity index (χ2v) is 9.03. The molecule has 0 amide bonds. The monoisotopic (exact) mass is 455 g/mol. The van der Waals surface area contributed by atoms with Crippen LogP contribution in [0.1, 0.15) is 17.6 Å². The Kier molecular flexibility index (Phi) is 4.05. The van der Waals surface area contributed by atoms with E-state index in [1.807, 2.05) is 12.1 Å². The zero-order valence-corrected chi connectivity index (χ0v) is 18.4. The van der Waals surface area contributed by atoms with E-state index >= 15 is 0 Å². The number of furan rings is 1. The third-order valence-electron chi connectivity index (χ3n) is 7.02. The minimum Gasteiger partial charge on any atom is -0.464 e. The molecule has 4 aromatic heterocycles. The minimum atomic E-state index is -0.179. The second-order valence-electron chi connectivity index (χ2n) is 9.03. The lowest BCUT2D eigenvalue weighted by Gasteiger charge is -2.21. The molecule has 1 saturated carbocycles. The summed E-state index contributed by atoms with van der Waals surface area (Å²) in [6, 6.07) is 12.4. The Morgan fingerprint density at radius 3 is 2.62 bits per heavy atom. The summed E-state index contributed by atoms with van der Waals surface area (Å²) in [5.41, 5.74) is 3.00. The number of imidazole rings is 1. The van der Waals surface area contributed by atoms with E-state index in [1.165, 1.54) is 16.6 Å². The molecular weight excluding hydrogens is 434 g/mol. The fourth-order valence-electron chi connectivity index (χ4n) is 5.20. The van der Waals surface area contributed by atoms with Crippen LogP contribution in [0.15, 0.2) is 69.1 Å². The largest absolute Gasteiger partial charge is 0.464 e. The lowest BCUT2D eigenvalue weighted by Crippen LogP contribution is -2.23. The maximum Gasteiger partial charge on any atom is 0.280 e. The number of hydrogen-bond donors (Lipinski definition) is 0. The maximum atomic E-state index is 12.7. The van der Waals surface area contributed by atoms with Gasteiger partial charge in [-0.25, -0.2) is 9.97 Å². The molecule has 2 atom stereocenters. The molecule has 34 heavy (non-hydrogen) atoms. The number of benzene rings is 1. The number of piperidine rings is 1. The minimum absolute atomic E-state index is 0.179. The highest BCUT2D eigenvalue weighted by atomic mass is 16.5. The Labute approximate surface area is 193 Å². The van der Waals surface area contributed by atoms with Gasteiger partial charge in [-0.2, -0.15) is 4.98 Å². The fraction of sp³-hybridized carbons (Fsp3) is 0.292. The smallest absolute Gasteiger partial charge is 0.280 e. The summed E-state index contributed by atoms with van der Waals surface area (Å²) >= 11 is 0. The number of hydrogen-bond acceptors (Lipinski definition) is 8. The van der Waals surface area contributed by atoms with Crippen LogP contribution in [0.4, 0.5) is 5.69 Å². The number of fused-ring (bicyclic) bond motifs is 2. The topological polar surface area (TPSA) is 108 Å². The highest BCUT2D eigenvalue weighted by Gasteiger charge is 2.58. The summed E-state index contributed by atoms with van der Waals surface area (Å²) in [4.78, 5) is 28.1.